The monoisotopic (exact) mass is 473 g/mol. The Morgan fingerprint density at radius 3 is 2.39 bits per heavy atom. The quantitative estimate of drug-likeness (QED) is 0.200. The van der Waals surface area contributed by atoms with Gasteiger partial charge in [-0.25, -0.2) is 0 Å². The molecule has 0 fully saturated rings. The topological polar surface area (TPSA) is 42.2 Å². The predicted molar refractivity (Wildman–Crippen MR) is 136 cm³/mol. The Labute approximate surface area is 203 Å². The van der Waals surface area contributed by atoms with E-state index >= 15 is 0 Å². The highest BCUT2D eigenvalue weighted by molar-refractivity contribution is 6.32. The van der Waals surface area contributed by atoms with Gasteiger partial charge in [-0.2, -0.15) is 5.26 Å². The fraction of sp³-hybridized carbons (Fsp3) is 0.107. The van der Waals surface area contributed by atoms with Crippen molar-refractivity contribution in [2.45, 2.75) is 13.5 Å². The summed E-state index contributed by atoms with van der Waals surface area (Å²) in [6, 6.07) is 27.4. The molecule has 0 aliphatic carbocycles. The van der Waals surface area contributed by atoms with Crippen molar-refractivity contribution in [2.75, 3.05) is 6.61 Å². The molecule has 0 amide bonds. The van der Waals surface area contributed by atoms with Crippen LogP contribution in [-0.4, -0.2) is 6.61 Å². The van der Waals surface area contributed by atoms with Gasteiger partial charge < -0.3 is 9.47 Å². The summed E-state index contributed by atoms with van der Waals surface area (Å²) in [6.45, 7) is 2.60. The van der Waals surface area contributed by atoms with Crippen molar-refractivity contribution in [3.63, 3.8) is 0 Å². The van der Waals surface area contributed by atoms with Gasteiger partial charge in [-0.1, -0.05) is 77.8 Å². The number of hydrogen-bond donors (Lipinski definition) is 0. The van der Waals surface area contributed by atoms with E-state index in [2.05, 4.69) is 6.07 Å². The molecule has 0 N–H and O–H groups in total. The van der Waals surface area contributed by atoms with Gasteiger partial charge in [0, 0.05) is 10.6 Å². The largest absolute Gasteiger partial charge is 0.490 e. The van der Waals surface area contributed by atoms with Gasteiger partial charge in [-0.3, -0.25) is 0 Å². The van der Waals surface area contributed by atoms with Crippen LogP contribution in [0.5, 0.6) is 11.5 Å². The van der Waals surface area contributed by atoms with E-state index in [-0.39, 0.29) is 6.61 Å². The normalized spacial score (nSPS) is 11.3. The van der Waals surface area contributed by atoms with Crippen LogP contribution in [0, 0.1) is 11.3 Å². The molecule has 5 heteroatoms. The van der Waals surface area contributed by atoms with Crippen molar-refractivity contribution in [3.05, 3.63) is 106 Å². The van der Waals surface area contributed by atoms with E-state index in [0.717, 1.165) is 27.5 Å². The molecule has 0 aliphatic heterocycles. The van der Waals surface area contributed by atoms with Crippen LogP contribution < -0.4 is 9.47 Å². The van der Waals surface area contributed by atoms with E-state index in [1.807, 2.05) is 79.7 Å². The molecule has 4 aromatic rings. The zero-order valence-electron chi connectivity index (χ0n) is 18.0. The third-order valence-electron chi connectivity index (χ3n) is 5.15. The van der Waals surface area contributed by atoms with Gasteiger partial charge in [-0.05, 0) is 59.2 Å². The average Bonchev–Trinajstić information content (AvgIpc) is 2.83. The van der Waals surface area contributed by atoms with Crippen LogP contribution in [0.4, 0.5) is 0 Å². The number of benzene rings is 4. The van der Waals surface area contributed by atoms with Crippen LogP contribution in [0.3, 0.4) is 0 Å². The first-order valence-corrected chi connectivity index (χ1v) is 11.3. The molecule has 0 saturated heterocycles. The number of rotatable bonds is 7. The van der Waals surface area contributed by atoms with E-state index in [1.54, 1.807) is 12.1 Å². The zero-order valence-corrected chi connectivity index (χ0v) is 19.5. The summed E-state index contributed by atoms with van der Waals surface area (Å²) >= 11 is 12.8. The second-order valence-electron chi connectivity index (χ2n) is 7.37. The molecule has 0 unspecified atom stereocenters. The summed E-state index contributed by atoms with van der Waals surface area (Å²) in [5.41, 5.74) is 2.97. The fourth-order valence-electron chi connectivity index (χ4n) is 3.54. The summed E-state index contributed by atoms with van der Waals surface area (Å²) in [6.07, 6.45) is 1.80. The summed E-state index contributed by atoms with van der Waals surface area (Å²) in [7, 11) is 0. The van der Waals surface area contributed by atoms with Crippen molar-refractivity contribution in [1.82, 2.24) is 0 Å². The molecule has 0 radical (unpaired) electrons. The Bertz CT molecular complexity index is 1370. The summed E-state index contributed by atoms with van der Waals surface area (Å²) in [5.74, 6) is 0.957. The zero-order chi connectivity index (χ0) is 23.2. The van der Waals surface area contributed by atoms with Crippen LogP contribution in [0.1, 0.15) is 23.6 Å². The number of fused-ring (bicyclic) bond motifs is 1. The maximum absolute atomic E-state index is 9.83. The third-order valence-corrected chi connectivity index (χ3v) is 5.80. The highest BCUT2D eigenvalue weighted by atomic mass is 35.5. The van der Waals surface area contributed by atoms with E-state index in [4.69, 9.17) is 32.7 Å². The maximum atomic E-state index is 9.83. The summed E-state index contributed by atoms with van der Waals surface area (Å²) in [5, 5.41) is 13.1. The molecule has 33 heavy (non-hydrogen) atoms. The minimum atomic E-state index is 0.259. The van der Waals surface area contributed by atoms with E-state index in [1.165, 1.54) is 0 Å². The molecule has 0 aliphatic rings. The first-order valence-electron chi connectivity index (χ1n) is 10.5. The van der Waals surface area contributed by atoms with Crippen LogP contribution in [0.15, 0.2) is 78.9 Å². The number of nitrogens with zero attached hydrogens (tertiary/aromatic N) is 1. The molecule has 4 rings (SSSR count). The Balaban J connectivity index is 1.67. The molecular formula is C28H21Cl2NO2. The lowest BCUT2D eigenvalue weighted by Crippen LogP contribution is -2.01. The number of ether oxygens (including phenoxy) is 2. The fourth-order valence-corrected chi connectivity index (χ4v) is 4.01. The molecule has 0 bridgehead atoms. The third kappa shape index (κ3) is 5.31. The molecule has 0 heterocycles. The van der Waals surface area contributed by atoms with Crippen molar-refractivity contribution < 1.29 is 9.47 Å². The Morgan fingerprint density at radius 1 is 0.879 bits per heavy atom. The molecule has 0 saturated carbocycles. The summed E-state index contributed by atoms with van der Waals surface area (Å²) < 4.78 is 11.8. The van der Waals surface area contributed by atoms with E-state index in [0.29, 0.717) is 33.7 Å². The van der Waals surface area contributed by atoms with E-state index < -0.39 is 0 Å². The van der Waals surface area contributed by atoms with Crippen LogP contribution in [0.2, 0.25) is 10.0 Å². The Hall–Kier alpha value is -3.45. The van der Waals surface area contributed by atoms with E-state index in [9.17, 15) is 5.26 Å². The van der Waals surface area contributed by atoms with Crippen molar-refractivity contribution in [3.8, 4) is 17.6 Å². The highest BCUT2D eigenvalue weighted by Gasteiger charge is 2.14. The van der Waals surface area contributed by atoms with Gasteiger partial charge in [0.05, 0.1) is 23.3 Å². The van der Waals surface area contributed by atoms with Gasteiger partial charge in [0.1, 0.15) is 6.61 Å². The van der Waals surface area contributed by atoms with Crippen molar-refractivity contribution in [1.29, 1.82) is 5.26 Å². The number of hydrogen-bond acceptors (Lipinski definition) is 3. The van der Waals surface area contributed by atoms with Gasteiger partial charge in [0.15, 0.2) is 11.5 Å². The second kappa shape index (κ2) is 10.4. The van der Waals surface area contributed by atoms with Crippen LogP contribution in [-0.2, 0) is 6.61 Å². The van der Waals surface area contributed by atoms with Crippen LogP contribution in [0.25, 0.3) is 22.4 Å². The average molecular weight is 474 g/mol. The Morgan fingerprint density at radius 2 is 1.64 bits per heavy atom. The standard InChI is InChI=1S/C28H21Cl2NO2/c1-2-32-27-15-19(14-26(30)28(27)33-18-23-9-5-6-10-25(23)29)13-24(17-31)22-12-11-20-7-3-4-8-21(20)16-22/h3-16H,2,18H2,1H3. The number of nitriles is 1. The van der Waals surface area contributed by atoms with Gasteiger partial charge >= 0.3 is 0 Å². The second-order valence-corrected chi connectivity index (χ2v) is 8.19. The van der Waals surface area contributed by atoms with Crippen molar-refractivity contribution in [2.24, 2.45) is 0 Å². The molecule has 164 valence electrons. The Kier molecular flexibility index (Phi) is 7.19. The molecule has 4 aromatic carbocycles. The lowest BCUT2D eigenvalue weighted by atomic mass is 10.00. The van der Waals surface area contributed by atoms with Crippen molar-refractivity contribution >= 4 is 45.6 Å². The highest BCUT2D eigenvalue weighted by Crippen LogP contribution is 2.38. The first-order chi connectivity index (χ1) is 16.1. The SMILES string of the molecule is CCOc1cc(C=C(C#N)c2ccc3ccccc3c2)cc(Cl)c1OCc1ccccc1Cl. The van der Waals surface area contributed by atoms with Gasteiger partial charge in [0.2, 0.25) is 0 Å². The molecule has 0 spiro atoms. The minimum Gasteiger partial charge on any atom is -0.490 e. The predicted octanol–water partition coefficient (Wildman–Crippen LogP) is 8.19. The molecular weight excluding hydrogens is 453 g/mol. The van der Waals surface area contributed by atoms with Gasteiger partial charge in [0.25, 0.3) is 0 Å². The first kappa shape index (κ1) is 22.7. The maximum Gasteiger partial charge on any atom is 0.180 e. The molecule has 3 nitrogen and oxygen atoms in total. The smallest absolute Gasteiger partial charge is 0.180 e. The lowest BCUT2D eigenvalue weighted by molar-refractivity contribution is 0.269. The molecule has 0 atom stereocenters. The summed E-state index contributed by atoms with van der Waals surface area (Å²) in [4.78, 5) is 0. The lowest BCUT2D eigenvalue weighted by Gasteiger charge is -2.15. The minimum absolute atomic E-state index is 0.259. The number of allylic oxidation sites excluding steroid dienone is 1. The van der Waals surface area contributed by atoms with Gasteiger partial charge in [-0.15, -0.1) is 0 Å². The number of halogens is 2. The van der Waals surface area contributed by atoms with Crippen LogP contribution >= 0.6 is 23.2 Å². The molecule has 0 aromatic heterocycles.